The molecule has 1 aromatic rings. The summed E-state index contributed by atoms with van der Waals surface area (Å²) in [7, 11) is -2.07. The second kappa shape index (κ2) is 4.04. The van der Waals surface area contributed by atoms with Gasteiger partial charge in [0.15, 0.2) is 0 Å². The van der Waals surface area contributed by atoms with E-state index in [1.165, 1.54) is 32.1 Å². The average Bonchev–Trinajstić information content (AvgIpc) is 2.70. The molecule has 4 bridgehead atoms. The van der Waals surface area contributed by atoms with Crippen LogP contribution in [0.4, 0.5) is 0 Å². The molecule has 4 fully saturated rings. The first-order valence-corrected chi connectivity index (χ1v) is 8.90. The maximum Gasteiger partial charge on any atom is 0.273 e. The van der Waals surface area contributed by atoms with Crippen molar-refractivity contribution in [2.45, 2.75) is 43.2 Å². The summed E-state index contributed by atoms with van der Waals surface area (Å²) < 4.78 is 24.6. The lowest BCUT2D eigenvalue weighted by Crippen LogP contribution is -2.44. The molecule has 0 atom stereocenters. The van der Waals surface area contributed by atoms with E-state index in [0.717, 1.165) is 17.7 Å². The highest BCUT2D eigenvalue weighted by Crippen LogP contribution is 2.59. The number of hydrogen-bond acceptors (Lipinski definition) is 4. The van der Waals surface area contributed by atoms with Crippen molar-refractivity contribution in [2.24, 2.45) is 35.9 Å². The molecule has 0 aromatic carbocycles. The van der Waals surface area contributed by atoms with Gasteiger partial charge in [-0.1, -0.05) is 0 Å². The third kappa shape index (κ3) is 1.75. The predicted molar refractivity (Wildman–Crippen MR) is 72.2 cm³/mol. The van der Waals surface area contributed by atoms with Crippen LogP contribution in [0.25, 0.3) is 0 Å². The molecule has 0 radical (unpaired) electrons. The number of aromatic nitrogens is 3. The molecule has 4 aliphatic rings. The molecular weight excluding hydrogens is 276 g/mol. The molecule has 110 valence electrons. The minimum atomic E-state index is -3.79. The van der Waals surface area contributed by atoms with Crippen molar-refractivity contribution in [3.05, 3.63) is 5.82 Å². The molecule has 4 saturated carbocycles. The van der Waals surface area contributed by atoms with Crippen LogP contribution in [0.15, 0.2) is 5.16 Å². The number of nitrogens with two attached hydrogens (primary N) is 1. The van der Waals surface area contributed by atoms with E-state index in [2.05, 4.69) is 10.2 Å². The van der Waals surface area contributed by atoms with E-state index in [1.54, 1.807) is 11.6 Å². The van der Waals surface area contributed by atoms with Crippen molar-refractivity contribution in [3.8, 4) is 0 Å². The van der Waals surface area contributed by atoms with Crippen LogP contribution in [-0.2, 0) is 17.1 Å². The number of sulfonamides is 1. The van der Waals surface area contributed by atoms with E-state index in [4.69, 9.17) is 5.14 Å². The summed E-state index contributed by atoms with van der Waals surface area (Å²) in [4.78, 5) is 0. The van der Waals surface area contributed by atoms with Crippen LogP contribution >= 0.6 is 0 Å². The third-order valence-corrected chi connectivity index (χ3v) is 6.51. The maximum atomic E-state index is 11.5. The highest BCUT2D eigenvalue weighted by molar-refractivity contribution is 7.89. The van der Waals surface area contributed by atoms with E-state index in [0.29, 0.717) is 17.8 Å². The molecule has 5 rings (SSSR count). The normalized spacial score (nSPS) is 39.4. The minimum absolute atomic E-state index is 0.110. The summed E-state index contributed by atoms with van der Waals surface area (Å²) in [5.74, 6) is 4.28. The van der Waals surface area contributed by atoms with Crippen LogP contribution in [0.1, 0.15) is 43.8 Å². The maximum absolute atomic E-state index is 11.5. The molecule has 2 N–H and O–H groups in total. The molecular formula is C13H20N4O2S. The van der Waals surface area contributed by atoms with Gasteiger partial charge in [0, 0.05) is 13.0 Å². The van der Waals surface area contributed by atoms with Crippen molar-refractivity contribution >= 4 is 10.0 Å². The molecule has 4 aliphatic carbocycles. The quantitative estimate of drug-likeness (QED) is 0.881. The Bertz CT molecular complexity index is 623. The fourth-order valence-corrected chi connectivity index (χ4v) is 5.84. The van der Waals surface area contributed by atoms with E-state index in [-0.39, 0.29) is 5.16 Å². The van der Waals surface area contributed by atoms with E-state index in [1.807, 2.05) is 0 Å². The van der Waals surface area contributed by atoms with Gasteiger partial charge in [-0.2, -0.15) is 0 Å². The van der Waals surface area contributed by atoms with Crippen LogP contribution < -0.4 is 5.14 Å². The highest BCUT2D eigenvalue weighted by atomic mass is 32.2. The Balaban J connectivity index is 1.74. The third-order valence-electron chi connectivity index (χ3n) is 5.65. The molecule has 6 nitrogen and oxygen atoms in total. The second-order valence-corrected chi connectivity index (χ2v) is 8.36. The van der Waals surface area contributed by atoms with Crippen molar-refractivity contribution in [3.63, 3.8) is 0 Å². The minimum Gasteiger partial charge on any atom is -0.304 e. The van der Waals surface area contributed by atoms with Gasteiger partial charge in [-0.05, 0) is 55.8 Å². The Morgan fingerprint density at radius 1 is 1.05 bits per heavy atom. The fraction of sp³-hybridized carbons (Fsp3) is 0.846. The lowest BCUT2D eigenvalue weighted by Gasteiger charge is -2.53. The molecule has 20 heavy (non-hydrogen) atoms. The average molecular weight is 296 g/mol. The number of nitrogens with zero attached hydrogens (tertiary/aromatic N) is 3. The lowest BCUT2D eigenvalue weighted by molar-refractivity contribution is -0.00675. The van der Waals surface area contributed by atoms with Gasteiger partial charge < -0.3 is 4.57 Å². The Labute approximate surface area is 118 Å². The first kappa shape index (κ1) is 12.8. The topological polar surface area (TPSA) is 90.9 Å². The molecule has 0 spiro atoms. The van der Waals surface area contributed by atoms with Gasteiger partial charge in [0.1, 0.15) is 5.82 Å². The summed E-state index contributed by atoms with van der Waals surface area (Å²) in [6.45, 7) is 0. The summed E-state index contributed by atoms with van der Waals surface area (Å²) >= 11 is 0. The Hall–Kier alpha value is -0.950. The van der Waals surface area contributed by atoms with Crippen molar-refractivity contribution in [2.75, 3.05) is 0 Å². The molecule has 0 unspecified atom stereocenters. The molecule has 1 heterocycles. The zero-order chi connectivity index (χ0) is 14.1. The summed E-state index contributed by atoms with van der Waals surface area (Å²) in [5.41, 5.74) is 0. The zero-order valence-electron chi connectivity index (χ0n) is 11.6. The Morgan fingerprint density at radius 2 is 1.60 bits per heavy atom. The molecule has 0 amide bonds. The molecule has 7 heteroatoms. The van der Waals surface area contributed by atoms with Gasteiger partial charge in [-0.15, -0.1) is 10.2 Å². The zero-order valence-corrected chi connectivity index (χ0v) is 12.4. The lowest BCUT2D eigenvalue weighted by atomic mass is 9.51. The first-order chi connectivity index (χ1) is 9.43. The van der Waals surface area contributed by atoms with Crippen molar-refractivity contribution in [1.29, 1.82) is 0 Å². The number of primary sulfonamides is 1. The van der Waals surface area contributed by atoms with Gasteiger partial charge in [0.2, 0.25) is 0 Å². The van der Waals surface area contributed by atoms with Gasteiger partial charge in [-0.3, -0.25) is 0 Å². The van der Waals surface area contributed by atoms with Crippen LogP contribution in [0.3, 0.4) is 0 Å². The first-order valence-electron chi connectivity index (χ1n) is 7.35. The molecule has 0 saturated heterocycles. The van der Waals surface area contributed by atoms with Crippen LogP contribution in [0.5, 0.6) is 0 Å². The molecule has 1 aromatic heterocycles. The van der Waals surface area contributed by atoms with Crippen molar-refractivity contribution < 1.29 is 8.42 Å². The van der Waals surface area contributed by atoms with E-state index >= 15 is 0 Å². The van der Waals surface area contributed by atoms with Gasteiger partial charge in [0.25, 0.3) is 15.2 Å². The van der Waals surface area contributed by atoms with Crippen molar-refractivity contribution in [1.82, 2.24) is 14.8 Å². The van der Waals surface area contributed by atoms with E-state index < -0.39 is 10.0 Å². The summed E-state index contributed by atoms with van der Waals surface area (Å²) in [6, 6.07) is 0. The van der Waals surface area contributed by atoms with Gasteiger partial charge >= 0.3 is 0 Å². The SMILES string of the molecule is Cn1c(C2C3CC4CC(C3)CC2C4)nnc1S(N)(=O)=O. The summed E-state index contributed by atoms with van der Waals surface area (Å²) in [5, 5.41) is 13.1. The number of hydrogen-bond donors (Lipinski definition) is 1. The highest BCUT2D eigenvalue weighted by Gasteiger charge is 2.50. The largest absolute Gasteiger partial charge is 0.304 e. The standard InChI is InChI=1S/C13H20N4O2S/c1-17-12(15-16-13(17)20(14,18)19)11-9-3-7-2-8(5-9)6-10(11)4-7/h7-11H,2-6H2,1H3,(H2,14,18,19). The monoisotopic (exact) mass is 296 g/mol. The molecule has 0 aliphatic heterocycles. The van der Waals surface area contributed by atoms with Crippen LogP contribution in [0.2, 0.25) is 0 Å². The van der Waals surface area contributed by atoms with Gasteiger partial charge in [0.05, 0.1) is 0 Å². The van der Waals surface area contributed by atoms with Crippen LogP contribution in [0, 0.1) is 23.7 Å². The second-order valence-electron chi connectivity index (χ2n) is 6.90. The predicted octanol–water partition coefficient (Wildman–Crippen LogP) is 1.00. The Kier molecular flexibility index (Phi) is 2.58. The number of rotatable bonds is 2. The Morgan fingerprint density at radius 3 is 2.05 bits per heavy atom. The summed E-state index contributed by atoms with van der Waals surface area (Å²) in [6.07, 6.45) is 6.50. The van der Waals surface area contributed by atoms with Gasteiger partial charge in [-0.25, -0.2) is 13.6 Å². The van der Waals surface area contributed by atoms with Crippen LogP contribution in [-0.4, -0.2) is 23.2 Å². The fourth-order valence-electron chi connectivity index (χ4n) is 5.21. The smallest absolute Gasteiger partial charge is 0.273 e. The van der Waals surface area contributed by atoms with E-state index in [9.17, 15) is 8.42 Å².